The first kappa shape index (κ1) is 22.0. The Morgan fingerprint density at radius 2 is 1.72 bits per heavy atom. The molecule has 0 bridgehead atoms. The SMILES string of the molecule is CC(C)c1ccc(S(=O)(=O)N2CCN(CC(=O)NC(C)c3cccs3)CC2)cc1. The molecule has 1 saturated heterocycles. The topological polar surface area (TPSA) is 69.7 Å². The Bertz CT molecular complexity index is 901. The normalized spacial score (nSPS) is 17.4. The van der Waals surface area contributed by atoms with Crippen molar-refractivity contribution in [1.29, 1.82) is 0 Å². The van der Waals surface area contributed by atoms with Gasteiger partial charge < -0.3 is 5.32 Å². The summed E-state index contributed by atoms with van der Waals surface area (Å²) in [5.41, 5.74) is 1.12. The molecule has 3 rings (SSSR count). The molecule has 6 nitrogen and oxygen atoms in total. The minimum Gasteiger partial charge on any atom is -0.348 e. The van der Waals surface area contributed by atoms with Gasteiger partial charge in [0.15, 0.2) is 0 Å². The quantitative estimate of drug-likeness (QED) is 0.726. The van der Waals surface area contributed by atoms with Gasteiger partial charge in [-0.15, -0.1) is 11.3 Å². The van der Waals surface area contributed by atoms with E-state index in [-0.39, 0.29) is 18.5 Å². The predicted octanol–water partition coefficient (Wildman–Crippen LogP) is 3.06. The molecule has 1 atom stereocenters. The first-order valence-corrected chi connectivity index (χ1v) is 12.2. The van der Waals surface area contributed by atoms with E-state index in [1.807, 2.05) is 41.5 Å². The lowest BCUT2D eigenvalue weighted by Gasteiger charge is -2.33. The van der Waals surface area contributed by atoms with Gasteiger partial charge in [-0.3, -0.25) is 9.69 Å². The van der Waals surface area contributed by atoms with Gasteiger partial charge in [-0.05, 0) is 42.0 Å². The number of carbonyl (C=O) groups is 1. The molecule has 0 radical (unpaired) electrons. The third kappa shape index (κ3) is 5.45. The number of rotatable bonds is 7. The number of amides is 1. The summed E-state index contributed by atoms with van der Waals surface area (Å²) >= 11 is 1.62. The zero-order chi connectivity index (χ0) is 21.0. The fraction of sp³-hybridized carbons (Fsp3) is 0.476. The van der Waals surface area contributed by atoms with Gasteiger partial charge in [0.1, 0.15) is 0 Å². The molecule has 0 spiro atoms. The van der Waals surface area contributed by atoms with Crippen molar-refractivity contribution >= 4 is 27.3 Å². The van der Waals surface area contributed by atoms with Crippen molar-refractivity contribution in [1.82, 2.24) is 14.5 Å². The van der Waals surface area contributed by atoms with Crippen molar-refractivity contribution in [2.75, 3.05) is 32.7 Å². The van der Waals surface area contributed by atoms with E-state index in [9.17, 15) is 13.2 Å². The van der Waals surface area contributed by atoms with Crippen molar-refractivity contribution in [3.8, 4) is 0 Å². The summed E-state index contributed by atoms with van der Waals surface area (Å²) in [5, 5.41) is 5.00. The van der Waals surface area contributed by atoms with E-state index in [0.29, 0.717) is 37.0 Å². The minimum atomic E-state index is -3.50. The molecule has 2 aromatic rings. The standard InChI is InChI=1S/C21H29N3O3S2/c1-16(2)18-6-8-19(9-7-18)29(26,27)24-12-10-23(11-13-24)15-21(25)22-17(3)20-5-4-14-28-20/h4-9,14,16-17H,10-13,15H2,1-3H3,(H,22,25). The van der Waals surface area contributed by atoms with E-state index in [1.54, 1.807) is 23.5 Å². The number of hydrogen-bond acceptors (Lipinski definition) is 5. The molecular weight excluding hydrogens is 406 g/mol. The molecule has 1 fully saturated rings. The van der Waals surface area contributed by atoms with Gasteiger partial charge in [0.05, 0.1) is 17.5 Å². The molecular formula is C21H29N3O3S2. The summed E-state index contributed by atoms with van der Waals surface area (Å²) in [6, 6.07) is 11.1. The second-order valence-electron chi connectivity index (χ2n) is 7.71. The van der Waals surface area contributed by atoms with Gasteiger partial charge in [-0.25, -0.2) is 8.42 Å². The van der Waals surface area contributed by atoms with Crippen LogP contribution in [0.5, 0.6) is 0 Å². The lowest BCUT2D eigenvalue weighted by molar-refractivity contribution is -0.123. The van der Waals surface area contributed by atoms with Crippen molar-refractivity contribution < 1.29 is 13.2 Å². The highest BCUT2D eigenvalue weighted by Crippen LogP contribution is 2.21. The Balaban J connectivity index is 1.52. The van der Waals surface area contributed by atoms with Crippen LogP contribution in [0.3, 0.4) is 0 Å². The van der Waals surface area contributed by atoms with E-state index >= 15 is 0 Å². The highest BCUT2D eigenvalue weighted by atomic mass is 32.2. The van der Waals surface area contributed by atoms with E-state index < -0.39 is 10.0 Å². The van der Waals surface area contributed by atoms with Gasteiger partial charge in [0, 0.05) is 31.1 Å². The molecule has 1 N–H and O–H groups in total. The number of thiophene rings is 1. The molecule has 158 valence electrons. The first-order chi connectivity index (χ1) is 13.8. The Hall–Kier alpha value is -1.74. The zero-order valence-corrected chi connectivity index (χ0v) is 18.8. The van der Waals surface area contributed by atoms with E-state index in [2.05, 4.69) is 19.2 Å². The number of sulfonamides is 1. The average Bonchev–Trinajstić information content (AvgIpc) is 3.23. The fourth-order valence-electron chi connectivity index (χ4n) is 3.40. The molecule has 29 heavy (non-hydrogen) atoms. The van der Waals surface area contributed by atoms with Crippen molar-refractivity contribution in [2.45, 2.75) is 37.6 Å². The van der Waals surface area contributed by atoms with Gasteiger partial charge in [0.2, 0.25) is 15.9 Å². The van der Waals surface area contributed by atoms with Crippen molar-refractivity contribution in [3.05, 3.63) is 52.2 Å². The van der Waals surface area contributed by atoms with Gasteiger partial charge in [0.25, 0.3) is 0 Å². The maximum atomic E-state index is 12.9. The number of piperazine rings is 1. The second kappa shape index (κ2) is 9.38. The van der Waals surface area contributed by atoms with Crippen LogP contribution in [0.1, 0.15) is 43.2 Å². The third-order valence-electron chi connectivity index (χ3n) is 5.23. The van der Waals surface area contributed by atoms with Crippen LogP contribution < -0.4 is 5.32 Å². The maximum absolute atomic E-state index is 12.9. The third-order valence-corrected chi connectivity index (χ3v) is 8.20. The number of nitrogens with zero attached hydrogens (tertiary/aromatic N) is 2. The lowest BCUT2D eigenvalue weighted by Crippen LogP contribution is -2.51. The molecule has 0 saturated carbocycles. The van der Waals surface area contributed by atoms with E-state index in [0.717, 1.165) is 10.4 Å². The Morgan fingerprint density at radius 1 is 1.07 bits per heavy atom. The van der Waals surface area contributed by atoms with Crippen LogP contribution in [0.25, 0.3) is 0 Å². The number of benzene rings is 1. The summed E-state index contributed by atoms with van der Waals surface area (Å²) in [6.45, 7) is 8.30. The summed E-state index contributed by atoms with van der Waals surface area (Å²) in [7, 11) is -3.50. The van der Waals surface area contributed by atoms with E-state index in [4.69, 9.17) is 0 Å². The number of carbonyl (C=O) groups excluding carboxylic acids is 1. The molecule has 2 heterocycles. The van der Waals surface area contributed by atoms with Crippen LogP contribution in [-0.2, 0) is 14.8 Å². The lowest BCUT2D eigenvalue weighted by atomic mass is 10.0. The molecule has 1 unspecified atom stereocenters. The molecule has 1 aromatic carbocycles. The first-order valence-electron chi connectivity index (χ1n) is 9.92. The molecule has 1 aliphatic heterocycles. The fourth-order valence-corrected chi connectivity index (χ4v) is 5.56. The van der Waals surface area contributed by atoms with Crippen LogP contribution >= 0.6 is 11.3 Å². The molecule has 1 aromatic heterocycles. The number of nitrogens with one attached hydrogen (secondary N) is 1. The smallest absolute Gasteiger partial charge is 0.243 e. The van der Waals surface area contributed by atoms with Gasteiger partial charge in [-0.2, -0.15) is 4.31 Å². The average molecular weight is 436 g/mol. The minimum absolute atomic E-state index is 0.0158. The second-order valence-corrected chi connectivity index (χ2v) is 10.6. The maximum Gasteiger partial charge on any atom is 0.243 e. The summed E-state index contributed by atoms with van der Waals surface area (Å²) in [4.78, 5) is 15.8. The molecule has 1 amide bonds. The Morgan fingerprint density at radius 3 is 2.28 bits per heavy atom. The van der Waals surface area contributed by atoms with Crippen LogP contribution in [0.15, 0.2) is 46.7 Å². The van der Waals surface area contributed by atoms with Crippen LogP contribution in [0, 0.1) is 0 Å². The van der Waals surface area contributed by atoms with Gasteiger partial charge >= 0.3 is 0 Å². The molecule has 0 aliphatic carbocycles. The summed E-state index contributed by atoms with van der Waals surface area (Å²) in [6.07, 6.45) is 0. The van der Waals surface area contributed by atoms with E-state index in [1.165, 1.54) is 4.31 Å². The Labute approximate surface area is 177 Å². The van der Waals surface area contributed by atoms with Gasteiger partial charge in [-0.1, -0.05) is 32.0 Å². The number of hydrogen-bond donors (Lipinski definition) is 1. The van der Waals surface area contributed by atoms with Crippen molar-refractivity contribution in [2.24, 2.45) is 0 Å². The monoisotopic (exact) mass is 435 g/mol. The Kier molecular flexibility index (Phi) is 7.10. The zero-order valence-electron chi connectivity index (χ0n) is 17.2. The van der Waals surface area contributed by atoms with Crippen molar-refractivity contribution in [3.63, 3.8) is 0 Å². The largest absolute Gasteiger partial charge is 0.348 e. The van der Waals surface area contributed by atoms with Crippen LogP contribution in [-0.4, -0.2) is 56.3 Å². The highest BCUT2D eigenvalue weighted by Gasteiger charge is 2.29. The van der Waals surface area contributed by atoms with Crippen LogP contribution in [0.4, 0.5) is 0 Å². The summed E-state index contributed by atoms with van der Waals surface area (Å²) in [5.74, 6) is 0.329. The van der Waals surface area contributed by atoms with Crippen LogP contribution in [0.2, 0.25) is 0 Å². The summed E-state index contributed by atoms with van der Waals surface area (Å²) < 4.78 is 27.3. The predicted molar refractivity (Wildman–Crippen MR) is 117 cm³/mol. The molecule has 1 aliphatic rings. The molecule has 8 heteroatoms. The highest BCUT2D eigenvalue weighted by molar-refractivity contribution is 7.89.